The molecule has 102 valence electrons. The highest BCUT2D eigenvalue weighted by Crippen LogP contribution is 2.27. The van der Waals surface area contributed by atoms with Gasteiger partial charge in [-0.2, -0.15) is 0 Å². The number of aliphatic hydroxyl groups is 1. The Hall–Kier alpha value is -1.46. The summed E-state index contributed by atoms with van der Waals surface area (Å²) in [6.07, 6.45) is -0.699. The number of benzene rings is 1. The minimum Gasteiger partial charge on any atom is -0.486 e. The summed E-state index contributed by atoms with van der Waals surface area (Å²) in [5.41, 5.74) is 1.56. The van der Waals surface area contributed by atoms with Gasteiger partial charge in [0.1, 0.15) is 23.2 Å². The summed E-state index contributed by atoms with van der Waals surface area (Å²) < 4.78 is 18.8. The third-order valence-electron chi connectivity index (χ3n) is 2.85. The van der Waals surface area contributed by atoms with Crippen molar-refractivity contribution in [3.63, 3.8) is 0 Å². The summed E-state index contributed by atoms with van der Waals surface area (Å²) in [5, 5.41) is 10.5. The van der Waals surface area contributed by atoms with E-state index in [1.54, 1.807) is 18.3 Å². The van der Waals surface area contributed by atoms with Crippen molar-refractivity contribution >= 4 is 11.3 Å². The standard InChI is InChI=1S/C14H16FNO2S/c1-8-10(3)19-14(16-8)7-18-13-6-11(15)4-5-12(13)9(2)17/h4-6,9,17H,7H2,1-3H3/t9-/m0/s1. The molecule has 0 aliphatic heterocycles. The van der Waals surface area contributed by atoms with Crippen LogP contribution < -0.4 is 4.74 Å². The SMILES string of the molecule is Cc1nc(COc2cc(F)ccc2[C@H](C)O)sc1C. The number of aliphatic hydroxyl groups excluding tert-OH is 1. The van der Waals surface area contributed by atoms with Crippen LogP contribution in [-0.4, -0.2) is 10.1 Å². The van der Waals surface area contributed by atoms with Gasteiger partial charge >= 0.3 is 0 Å². The molecule has 2 aromatic rings. The summed E-state index contributed by atoms with van der Waals surface area (Å²) in [4.78, 5) is 5.51. The van der Waals surface area contributed by atoms with Gasteiger partial charge in [0.15, 0.2) is 0 Å². The molecule has 0 radical (unpaired) electrons. The second-order valence-corrected chi connectivity index (χ2v) is 5.68. The van der Waals surface area contributed by atoms with E-state index >= 15 is 0 Å². The van der Waals surface area contributed by atoms with Crippen LogP contribution in [0.3, 0.4) is 0 Å². The van der Waals surface area contributed by atoms with Crippen LogP contribution in [0.5, 0.6) is 5.75 Å². The summed E-state index contributed by atoms with van der Waals surface area (Å²) in [6, 6.07) is 4.13. The van der Waals surface area contributed by atoms with E-state index in [1.165, 1.54) is 18.2 Å². The third kappa shape index (κ3) is 3.30. The molecular weight excluding hydrogens is 265 g/mol. The van der Waals surface area contributed by atoms with Gasteiger partial charge in [-0.15, -0.1) is 11.3 Å². The molecule has 0 aliphatic rings. The average molecular weight is 281 g/mol. The normalized spacial score (nSPS) is 12.5. The number of thiazole rings is 1. The van der Waals surface area contributed by atoms with E-state index in [0.717, 1.165) is 15.6 Å². The highest BCUT2D eigenvalue weighted by atomic mass is 32.1. The number of rotatable bonds is 4. The lowest BCUT2D eigenvalue weighted by molar-refractivity contribution is 0.189. The van der Waals surface area contributed by atoms with Gasteiger partial charge in [0, 0.05) is 16.5 Å². The van der Waals surface area contributed by atoms with E-state index in [2.05, 4.69) is 4.98 Å². The second-order valence-electron chi connectivity index (χ2n) is 4.40. The molecule has 1 heterocycles. The molecule has 1 N–H and O–H groups in total. The minimum atomic E-state index is -0.699. The highest BCUT2D eigenvalue weighted by molar-refractivity contribution is 7.11. The number of aromatic nitrogens is 1. The third-order valence-corrected chi connectivity index (χ3v) is 3.90. The van der Waals surface area contributed by atoms with E-state index in [9.17, 15) is 9.50 Å². The molecule has 0 amide bonds. The number of nitrogens with zero attached hydrogens (tertiary/aromatic N) is 1. The summed E-state index contributed by atoms with van der Waals surface area (Å²) in [6.45, 7) is 5.85. The molecule has 1 atom stereocenters. The molecule has 1 aromatic carbocycles. The van der Waals surface area contributed by atoms with Gasteiger partial charge in [0.05, 0.1) is 11.8 Å². The first-order valence-electron chi connectivity index (χ1n) is 6.00. The van der Waals surface area contributed by atoms with Crippen molar-refractivity contribution in [1.29, 1.82) is 0 Å². The molecule has 0 spiro atoms. The lowest BCUT2D eigenvalue weighted by Crippen LogP contribution is -2.01. The van der Waals surface area contributed by atoms with Crippen LogP contribution in [0, 0.1) is 19.7 Å². The fourth-order valence-electron chi connectivity index (χ4n) is 1.72. The van der Waals surface area contributed by atoms with E-state index in [4.69, 9.17) is 4.74 Å². The molecular formula is C14H16FNO2S. The summed E-state index contributed by atoms with van der Waals surface area (Å²) in [5.74, 6) is -0.0218. The van der Waals surface area contributed by atoms with E-state index in [-0.39, 0.29) is 12.4 Å². The number of aryl methyl sites for hydroxylation is 2. The van der Waals surface area contributed by atoms with Crippen LogP contribution in [0.4, 0.5) is 4.39 Å². The lowest BCUT2D eigenvalue weighted by Gasteiger charge is -2.12. The molecule has 19 heavy (non-hydrogen) atoms. The molecule has 2 rings (SSSR count). The number of hydrogen-bond donors (Lipinski definition) is 1. The Morgan fingerprint density at radius 3 is 2.74 bits per heavy atom. The van der Waals surface area contributed by atoms with Gasteiger partial charge in [-0.3, -0.25) is 0 Å². The Morgan fingerprint density at radius 2 is 2.16 bits per heavy atom. The zero-order chi connectivity index (χ0) is 14.0. The topological polar surface area (TPSA) is 42.4 Å². The molecule has 0 fully saturated rings. The van der Waals surface area contributed by atoms with E-state index in [0.29, 0.717) is 11.3 Å². The number of halogens is 1. The molecule has 0 saturated carbocycles. The van der Waals surface area contributed by atoms with Crippen molar-refractivity contribution < 1.29 is 14.2 Å². The fraction of sp³-hybridized carbons (Fsp3) is 0.357. The Balaban J connectivity index is 2.16. The first kappa shape index (κ1) is 14.0. The highest BCUT2D eigenvalue weighted by Gasteiger charge is 2.12. The van der Waals surface area contributed by atoms with Crippen molar-refractivity contribution in [2.24, 2.45) is 0 Å². The molecule has 1 aromatic heterocycles. The zero-order valence-corrected chi connectivity index (χ0v) is 11.9. The minimum absolute atomic E-state index is 0.280. The van der Waals surface area contributed by atoms with Crippen molar-refractivity contribution in [1.82, 2.24) is 4.98 Å². The smallest absolute Gasteiger partial charge is 0.140 e. The van der Waals surface area contributed by atoms with Gasteiger partial charge < -0.3 is 9.84 Å². The second kappa shape index (κ2) is 5.67. The monoisotopic (exact) mass is 281 g/mol. The molecule has 0 unspecified atom stereocenters. The van der Waals surface area contributed by atoms with Crippen molar-refractivity contribution in [2.75, 3.05) is 0 Å². The largest absolute Gasteiger partial charge is 0.486 e. The van der Waals surface area contributed by atoms with E-state index in [1.807, 2.05) is 13.8 Å². The fourth-order valence-corrected chi connectivity index (χ4v) is 2.57. The molecule has 0 aliphatic carbocycles. The Kier molecular flexibility index (Phi) is 4.17. The van der Waals surface area contributed by atoms with Crippen molar-refractivity contribution in [3.05, 3.63) is 45.2 Å². The van der Waals surface area contributed by atoms with Crippen LogP contribution in [-0.2, 0) is 6.61 Å². The molecule has 5 heteroatoms. The zero-order valence-electron chi connectivity index (χ0n) is 11.1. The first-order chi connectivity index (χ1) is 8.97. The first-order valence-corrected chi connectivity index (χ1v) is 6.82. The van der Waals surface area contributed by atoms with E-state index < -0.39 is 6.10 Å². The van der Waals surface area contributed by atoms with Crippen LogP contribution in [0.1, 0.15) is 34.2 Å². The van der Waals surface area contributed by atoms with Gasteiger partial charge in [0.2, 0.25) is 0 Å². The quantitative estimate of drug-likeness (QED) is 0.932. The summed E-state index contributed by atoms with van der Waals surface area (Å²) >= 11 is 1.56. The van der Waals surface area contributed by atoms with Gasteiger partial charge in [-0.25, -0.2) is 9.37 Å². The maximum atomic E-state index is 13.2. The lowest BCUT2D eigenvalue weighted by atomic mass is 10.1. The molecule has 0 saturated heterocycles. The van der Waals surface area contributed by atoms with Crippen LogP contribution in [0.15, 0.2) is 18.2 Å². The van der Waals surface area contributed by atoms with Crippen LogP contribution >= 0.6 is 11.3 Å². The predicted octanol–water partition coefficient (Wildman–Crippen LogP) is 3.53. The Labute approximate surface area is 115 Å². The Bertz CT molecular complexity index is 561. The summed E-state index contributed by atoms with van der Waals surface area (Å²) in [7, 11) is 0. The average Bonchev–Trinajstić information content (AvgIpc) is 2.66. The number of hydrogen-bond acceptors (Lipinski definition) is 4. The predicted molar refractivity (Wildman–Crippen MR) is 73.0 cm³/mol. The van der Waals surface area contributed by atoms with Crippen LogP contribution in [0.2, 0.25) is 0 Å². The maximum Gasteiger partial charge on any atom is 0.140 e. The van der Waals surface area contributed by atoms with Crippen LogP contribution in [0.25, 0.3) is 0 Å². The Morgan fingerprint density at radius 1 is 1.42 bits per heavy atom. The van der Waals surface area contributed by atoms with Gasteiger partial charge in [0.25, 0.3) is 0 Å². The van der Waals surface area contributed by atoms with Crippen molar-refractivity contribution in [2.45, 2.75) is 33.5 Å². The van der Waals surface area contributed by atoms with Gasteiger partial charge in [-0.1, -0.05) is 0 Å². The van der Waals surface area contributed by atoms with Gasteiger partial charge in [-0.05, 0) is 32.9 Å². The van der Waals surface area contributed by atoms with Crippen molar-refractivity contribution in [3.8, 4) is 5.75 Å². The molecule has 3 nitrogen and oxygen atoms in total. The maximum absolute atomic E-state index is 13.2. The number of ether oxygens (including phenoxy) is 1. The molecule has 0 bridgehead atoms.